The molecule has 0 fully saturated rings. The molecule has 0 aliphatic rings. The molecule has 10 heteroatoms. The molecule has 0 amide bonds. The van der Waals surface area contributed by atoms with Crippen molar-refractivity contribution in [3.63, 3.8) is 0 Å². The second-order valence-corrected chi connectivity index (χ2v) is 7.50. The molecule has 0 saturated heterocycles. The first-order valence-electron chi connectivity index (χ1n) is 5.20. The Morgan fingerprint density at radius 2 is 1.50 bits per heavy atom. The van der Waals surface area contributed by atoms with Crippen LogP contribution < -0.4 is 9.44 Å². The lowest BCUT2D eigenvalue weighted by molar-refractivity contribution is 0.0601. The number of esters is 1. The molecule has 0 aliphatic heterocycles. The number of carbonyl (C=O) groups excluding carboxylic acids is 1. The topological polar surface area (TPSA) is 119 Å². The number of anilines is 2. The van der Waals surface area contributed by atoms with Crippen LogP contribution in [0.15, 0.2) is 18.2 Å². The highest BCUT2D eigenvalue weighted by Crippen LogP contribution is 2.25. The van der Waals surface area contributed by atoms with E-state index in [4.69, 9.17) is 0 Å². The van der Waals surface area contributed by atoms with Gasteiger partial charge in [-0.05, 0) is 18.2 Å². The number of hydrogen-bond donors (Lipinski definition) is 2. The van der Waals surface area contributed by atoms with E-state index in [0.29, 0.717) is 0 Å². The lowest BCUT2D eigenvalue weighted by Crippen LogP contribution is -2.16. The largest absolute Gasteiger partial charge is 0.465 e. The molecule has 0 heterocycles. The maximum atomic E-state index is 11.4. The Morgan fingerprint density at radius 3 is 1.95 bits per heavy atom. The smallest absolute Gasteiger partial charge is 0.337 e. The summed E-state index contributed by atoms with van der Waals surface area (Å²) < 4.78 is 53.7. The van der Waals surface area contributed by atoms with Gasteiger partial charge in [-0.1, -0.05) is 0 Å². The summed E-state index contributed by atoms with van der Waals surface area (Å²) in [6.07, 6.45) is 1.83. The Hall–Kier alpha value is -1.81. The predicted molar refractivity (Wildman–Crippen MR) is 74.7 cm³/mol. The van der Waals surface area contributed by atoms with Crippen molar-refractivity contribution in [2.45, 2.75) is 0 Å². The van der Waals surface area contributed by atoms with E-state index in [1.165, 1.54) is 25.3 Å². The van der Waals surface area contributed by atoms with Crippen LogP contribution in [0.3, 0.4) is 0 Å². The zero-order valence-electron chi connectivity index (χ0n) is 11.0. The van der Waals surface area contributed by atoms with E-state index in [1.807, 2.05) is 0 Å². The van der Waals surface area contributed by atoms with Crippen LogP contribution in [-0.2, 0) is 24.8 Å². The second kappa shape index (κ2) is 5.67. The van der Waals surface area contributed by atoms with E-state index >= 15 is 0 Å². The maximum Gasteiger partial charge on any atom is 0.337 e. The first-order chi connectivity index (χ1) is 9.02. The summed E-state index contributed by atoms with van der Waals surface area (Å²) in [7, 11) is -6.06. The summed E-state index contributed by atoms with van der Waals surface area (Å²) in [5.74, 6) is -0.674. The summed E-state index contributed by atoms with van der Waals surface area (Å²) in [6, 6.07) is 3.76. The SMILES string of the molecule is COC(=O)c1ccc(NS(C)(=O)=O)c(NS(C)(=O)=O)c1. The summed E-state index contributed by atoms with van der Waals surface area (Å²) in [4.78, 5) is 11.4. The average Bonchev–Trinajstić information content (AvgIpc) is 2.26. The van der Waals surface area contributed by atoms with Crippen LogP contribution in [0.1, 0.15) is 10.4 Å². The summed E-state index contributed by atoms with van der Waals surface area (Å²) in [5, 5.41) is 0. The molecule has 112 valence electrons. The fraction of sp³-hybridized carbons (Fsp3) is 0.300. The minimum Gasteiger partial charge on any atom is -0.465 e. The van der Waals surface area contributed by atoms with E-state index in [-0.39, 0.29) is 16.9 Å². The van der Waals surface area contributed by atoms with E-state index in [1.54, 1.807) is 0 Å². The molecule has 0 spiro atoms. The molecule has 0 aromatic heterocycles. The lowest BCUT2D eigenvalue weighted by Gasteiger charge is -2.12. The minimum atomic E-state index is -3.64. The first-order valence-corrected chi connectivity index (χ1v) is 8.98. The molecule has 1 aromatic rings. The normalized spacial score (nSPS) is 11.8. The van der Waals surface area contributed by atoms with Gasteiger partial charge in [0.15, 0.2) is 0 Å². The predicted octanol–water partition coefficient (Wildman–Crippen LogP) is 0.216. The molecule has 1 rings (SSSR count). The highest BCUT2D eigenvalue weighted by Gasteiger charge is 2.14. The van der Waals surface area contributed by atoms with Crippen LogP contribution in [0.4, 0.5) is 11.4 Å². The molecule has 8 nitrogen and oxygen atoms in total. The number of hydrogen-bond acceptors (Lipinski definition) is 6. The van der Waals surface area contributed by atoms with Crippen molar-refractivity contribution in [3.05, 3.63) is 23.8 Å². The fourth-order valence-corrected chi connectivity index (χ4v) is 2.51. The molecule has 1 aromatic carbocycles. The van der Waals surface area contributed by atoms with Crippen LogP contribution in [-0.4, -0.2) is 42.4 Å². The monoisotopic (exact) mass is 322 g/mol. The molecule has 2 N–H and O–H groups in total. The van der Waals surface area contributed by atoms with Crippen molar-refractivity contribution < 1.29 is 26.4 Å². The molecule has 0 radical (unpaired) electrons. The van der Waals surface area contributed by atoms with Gasteiger partial charge in [0, 0.05) is 0 Å². The number of rotatable bonds is 5. The third-order valence-corrected chi connectivity index (χ3v) is 3.21. The Morgan fingerprint density at radius 1 is 1.00 bits per heavy atom. The van der Waals surface area contributed by atoms with Crippen LogP contribution in [0.5, 0.6) is 0 Å². The molecule has 0 bridgehead atoms. The zero-order chi connectivity index (χ0) is 15.6. The van der Waals surface area contributed by atoms with Gasteiger partial charge in [0.25, 0.3) is 0 Å². The number of methoxy groups -OCH3 is 1. The highest BCUT2D eigenvalue weighted by molar-refractivity contribution is 7.92. The van der Waals surface area contributed by atoms with Crippen LogP contribution in [0.25, 0.3) is 0 Å². The molecule has 0 saturated carbocycles. The van der Waals surface area contributed by atoms with Gasteiger partial charge in [-0.25, -0.2) is 21.6 Å². The van der Waals surface area contributed by atoms with Crippen molar-refractivity contribution in [2.75, 3.05) is 29.1 Å². The van der Waals surface area contributed by atoms with Gasteiger partial charge in [-0.15, -0.1) is 0 Å². The number of nitrogens with one attached hydrogen (secondary N) is 2. The number of ether oxygens (including phenoxy) is 1. The van der Waals surface area contributed by atoms with Crippen LogP contribution in [0, 0.1) is 0 Å². The van der Waals surface area contributed by atoms with Gasteiger partial charge >= 0.3 is 5.97 Å². The number of carbonyl (C=O) groups is 1. The van der Waals surface area contributed by atoms with Gasteiger partial charge in [-0.2, -0.15) is 0 Å². The van der Waals surface area contributed by atoms with E-state index in [0.717, 1.165) is 12.5 Å². The maximum absolute atomic E-state index is 11.4. The molecular formula is C10H14N2O6S2. The summed E-state index contributed by atoms with van der Waals surface area (Å²) >= 11 is 0. The first kappa shape index (κ1) is 16.2. The molecule has 0 atom stereocenters. The van der Waals surface area contributed by atoms with Crippen molar-refractivity contribution in [2.24, 2.45) is 0 Å². The average molecular weight is 322 g/mol. The highest BCUT2D eigenvalue weighted by atomic mass is 32.2. The fourth-order valence-electron chi connectivity index (χ4n) is 1.36. The van der Waals surface area contributed by atoms with E-state index in [2.05, 4.69) is 14.2 Å². The Bertz CT molecular complexity index is 724. The quantitative estimate of drug-likeness (QED) is 0.748. The number of sulfonamides is 2. The lowest BCUT2D eigenvalue weighted by atomic mass is 10.2. The van der Waals surface area contributed by atoms with Crippen molar-refractivity contribution in [1.82, 2.24) is 0 Å². The standard InChI is InChI=1S/C10H14N2O6S2/c1-18-10(13)7-4-5-8(11-19(2,14)15)9(6-7)12-20(3,16)17/h4-6,11-12H,1-3H3. The molecular weight excluding hydrogens is 308 g/mol. The molecule has 20 heavy (non-hydrogen) atoms. The summed E-state index contributed by atoms with van der Waals surface area (Å²) in [6.45, 7) is 0. The van der Waals surface area contributed by atoms with E-state index < -0.39 is 26.0 Å². The van der Waals surface area contributed by atoms with Gasteiger partial charge in [0.2, 0.25) is 20.0 Å². The zero-order valence-corrected chi connectivity index (χ0v) is 12.6. The third-order valence-electron chi connectivity index (χ3n) is 2.03. The van der Waals surface area contributed by atoms with Crippen LogP contribution >= 0.6 is 0 Å². The van der Waals surface area contributed by atoms with Crippen molar-refractivity contribution in [3.8, 4) is 0 Å². The Kier molecular flexibility index (Phi) is 4.61. The number of benzene rings is 1. The van der Waals surface area contributed by atoms with Crippen molar-refractivity contribution >= 4 is 37.4 Å². The van der Waals surface area contributed by atoms with Crippen LogP contribution in [0.2, 0.25) is 0 Å². The van der Waals surface area contributed by atoms with Gasteiger partial charge in [0.1, 0.15) is 0 Å². The second-order valence-electron chi connectivity index (χ2n) is 4.00. The van der Waals surface area contributed by atoms with Gasteiger partial charge in [0.05, 0.1) is 36.6 Å². The van der Waals surface area contributed by atoms with Gasteiger partial charge < -0.3 is 4.74 Å². The third kappa shape index (κ3) is 5.05. The Balaban J connectivity index is 3.33. The van der Waals surface area contributed by atoms with Crippen molar-refractivity contribution in [1.29, 1.82) is 0 Å². The molecule has 0 unspecified atom stereocenters. The minimum absolute atomic E-state index is 0.00516. The summed E-state index contributed by atoms with van der Waals surface area (Å²) in [5.41, 5.74) is 0.0177. The van der Waals surface area contributed by atoms with Gasteiger partial charge in [-0.3, -0.25) is 9.44 Å². The van der Waals surface area contributed by atoms with E-state index in [9.17, 15) is 21.6 Å². The Labute approximate surface area is 117 Å². The molecule has 0 aliphatic carbocycles.